The molecule has 0 unspecified atom stereocenters. The molecule has 0 spiro atoms. The van der Waals surface area contributed by atoms with Crippen LogP contribution in [0.5, 0.6) is 0 Å². The lowest BCUT2D eigenvalue weighted by molar-refractivity contribution is 0.288. The van der Waals surface area contributed by atoms with E-state index in [2.05, 4.69) is 25.3 Å². The molecule has 0 fully saturated rings. The van der Waals surface area contributed by atoms with E-state index in [0.29, 0.717) is 0 Å². The van der Waals surface area contributed by atoms with Gasteiger partial charge in [0.25, 0.3) is 0 Å². The number of hydrogen-bond donors (Lipinski definition) is 0. The monoisotopic (exact) mass is 211 g/mol. The van der Waals surface area contributed by atoms with Gasteiger partial charge in [0, 0.05) is 6.54 Å². The third-order valence-corrected chi connectivity index (χ3v) is 2.79. The van der Waals surface area contributed by atoms with E-state index in [9.17, 15) is 0 Å². The van der Waals surface area contributed by atoms with Crippen LogP contribution in [0.4, 0.5) is 0 Å². The van der Waals surface area contributed by atoms with Gasteiger partial charge in [-0.3, -0.25) is 4.90 Å². The van der Waals surface area contributed by atoms with Crippen molar-refractivity contribution in [2.75, 3.05) is 19.6 Å². The van der Waals surface area contributed by atoms with Gasteiger partial charge in [0.15, 0.2) is 0 Å². The highest BCUT2D eigenvalue weighted by atomic mass is 15.1. The first-order valence-corrected chi connectivity index (χ1v) is 6.68. The third-order valence-electron chi connectivity index (χ3n) is 2.79. The summed E-state index contributed by atoms with van der Waals surface area (Å²) >= 11 is 0. The second kappa shape index (κ2) is 11.8. The van der Waals surface area contributed by atoms with Crippen molar-refractivity contribution in [2.45, 2.75) is 58.8 Å². The van der Waals surface area contributed by atoms with E-state index in [1.807, 2.05) is 6.08 Å². The van der Waals surface area contributed by atoms with E-state index in [-0.39, 0.29) is 0 Å². The Morgan fingerprint density at radius 2 is 1.40 bits per heavy atom. The molecule has 0 bridgehead atoms. The van der Waals surface area contributed by atoms with E-state index in [1.165, 1.54) is 58.0 Å². The fourth-order valence-corrected chi connectivity index (χ4v) is 1.82. The largest absolute Gasteiger partial charge is 0.300 e. The molecule has 0 saturated carbocycles. The molecule has 1 nitrogen and oxygen atoms in total. The normalized spacial score (nSPS) is 10.9. The van der Waals surface area contributed by atoms with Crippen LogP contribution in [0.2, 0.25) is 0 Å². The van der Waals surface area contributed by atoms with Crippen molar-refractivity contribution in [3.8, 4) is 0 Å². The van der Waals surface area contributed by atoms with Crippen LogP contribution in [-0.4, -0.2) is 24.5 Å². The molecule has 90 valence electrons. The van der Waals surface area contributed by atoms with Gasteiger partial charge < -0.3 is 0 Å². The molecule has 0 aliphatic heterocycles. The zero-order valence-electron chi connectivity index (χ0n) is 10.8. The first-order valence-electron chi connectivity index (χ1n) is 6.68. The van der Waals surface area contributed by atoms with Crippen LogP contribution in [0, 0.1) is 0 Å². The van der Waals surface area contributed by atoms with E-state index in [1.54, 1.807) is 0 Å². The Morgan fingerprint density at radius 1 is 0.867 bits per heavy atom. The highest BCUT2D eigenvalue weighted by Gasteiger charge is 2.01. The van der Waals surface area contributed by atoms with Gasteiger partial charge in [-0.05, 0) is 25.9 Å². The average Bonchev–Trinajstić information content (AvgIpc) is 2.24. The molecule has 1 heteroatoms. The lowest BCUT2D eigenvalue weighted by Crippen LogP contribution is -2.26. The molecule has 0 rings (SSSR count). The smallest absolute Gasteiger partial charge is 0.0160 e. The molecule has 0 atom stereocenters. The average molecular weight is 211 g/mol. The van der Waals surface area contributed by atoms with Crippen LogP contribution in [0.15, 0.2) is 12.7 Å². The summed E-state index contributed by atoms with van der Waals surface area (Å²) in [7, 11) is 0. The highest BCUT2D eigenvalue weighted by molar-refractivity contribution is 4.73. The number of nitrogens with zero attached hydrogens (tertiary/aromatic N) is 1. The lowest BCUT2D eigenvalue weighted by atomic mass is 10.2. The molecule has 0 amide bonds. The van der Waals surface area contributed by atoms with Crippen LogP contribution in [-0.2, 0) is 0 Å². The molecule has 0 N–H and O–H groups in total. The molecule has 0 radical (unpaired) electrons. The Hall–Kier alpha value is -0.300. The fraction of sp³-hybridized carbons (Fsp3) is 0.857. The molecule has 0 aliphatic carbocycles. The zero-order chi connectivity index (χ0) is 11.4. The van der Waals surface area contributed by atoms with Gasteiger partial charge in [0.05, 0.1) is 0 Å². The number of rotatable bonds is 11. The van der Waals surface area contributed by atoms with Crippen molar-refractivity contribution < 1.29 is 0 Å². The molecule has 0 saturated heterocycles. The summed E-state index contributed by atoms with van der Waals surface area (Å²) in [5, 5.41) is 0. The van der Waals surface area contributed by atoms with Crippen molar-refractivity contribution in [3.63, 3.8) is 0 Å². The SMILES string of the molecule is C=CCN(CCCCC)CCCCCC. The van der Waals surface area contributed by atoms with Crippen LogP contribution < -0.4 is 0 Å². The molecule has 0 heterocycles. The predicted octanol–water partition coefficient (Wildman–Crippen LogP) is 4.24. The summed E-state index contributed by atoms with van der Waals surface area (Å²) < 4.78 is 0. The summed E-state index contributed by atoms with van der Waals surface area (Å²) in [6.07, 6.45) is 11.5. The molecule has 0 aliphatic rings. The Balaban J connectivity index is 3.48. The Labute approximate surface area is 96.6 Å². The van der Waals surface area contributed by atoms with Crippen molar-refractivity contribution in [2.24, 2.45) is 0 Å². The first-order chi connectivity index (χ1) is 7.35. The summed E-state index contributed by atoms with van der Waals surface area (Å²) in [6, 6.07) is 0. The first kappa shape index (κ1) is 14.7. The van der Waals surface area contributed by atoms with Gasteiger partial charge in [-0.25, -0.2) is 0 Å². The van der Waals surface area contributed by atoms with Gasteiger partial charge in [-0.2, -0.15) is 0 Å². The molecule has 0 aromatic carbocycles. The van der Waals surface area contributed by atoms with Crippen LogP contribution in [0.3, 0.4) is 0 Å². The highest BCUT2D eigenvalue weighted by Crippen LogP contribution is 2.04. The molecular weight excluding hydrogens is 182 g/mol. The Morgan fingerprint density at radius 3 is 1.93 bits per heavy atom. The van der Waals surface area contributed by atoms with Gasteiger partial charge in [-0.15, -0.1) is 6.58 Å². The topological polar surface area (TPSA) is 3.24 Å². The molecule has 0 aromatic heterocycles. The van der Waals surface area contributed by atoms with Crippen LogP contribution >= 0.6 is 0 Å². The summed E-state index contributed by atoms with van der Waals surface area (Å²) in [4.78, 5) is 2.54. The zero-order valence-corrected chi connectivity index (χ0v) is 10.8. The van der Waals surface area contributed by atoms with E-state index in [4.69, 9.17) is 0 Å². The van der Waals surface area contributed by atoms with Crippen molar-refractivity contribution in [1.29, 1.82) is 0 Å². The van der Waals surface area contributed by atoms with Crippen LogP contribution in [0.1, 0.15) is 58.8 Å². The van der Waals surface area contributed by atoms with Crippen molar-refractivity contribution in [3.05, 3.63) is 12.7 Å². The minimum Gasteiger partial charge on any atom is -0.300 e. The summed E-state index contributed by atoms with van der Waals surface area (Å²) in [5.41, 5.74) is 0. The van der Waals surface area contributed by atoms with Gasteiger partial charge >= 0.3 is 0 Å². The molecule has 0 aromatic rings. The van der Waals surface area contributed by atoms with Gasteiger partial charge in [0.1, 0.15) is 0 Å². The number of hydrogen-bond acceptors (Lipinski definition) is 1. The molecular formula is C14H29N. The third kappa shape index (κ3) is 9.99. The quantitative estimate of drug-likeness (QED) is 0.365. The minimum absolute atomic E-state index is 1.07. The van der Waals surface area contributed by atoms with Crippen molar-refractivity contribution in [1.82, 2.24) is 4.90 Å². The van der Waals surface area contributed by atoms with E-state index < -0.39 is 0 Å². The van der Waals surface area contributed by atoms with Crippen molar-refractivity contribution >= 4 is 0 Å². The Bertz CT molecular complexity index is 131. The molecule has 15 heavy (non-hydrogen) atoms. The second-order valence-electron chi connectivity index (χ2n) is 4.36. The lowest BCUT2D eigenvalue weighted by Gasteiger charge is -2.20. The van der Waals surface area contributed by atoms with E-state index >= 15 is 0 Å². The Kier molecular flexibility index (Phi) is 11.5. The fourth-order valence-electron chi connectivity index (χ4n) is 1.82. The number of unbranched alkanes of at least 4 members (excludes halogenated alkanes) is 5. The maximum absolute atomic E-state index is 3.83. The van der Waals surface area contributed by atoms with E-state index in [0.717, 1.165) is 6.54 Å². The minimum atomic E-state index is 1.07. The second-order valence-corrected chi connectivity index (χ2v) is 4.36. The summed E-state index contributed by atoms with van der Waals surface area (Å²) in [6.45, 7) is 11.9. The maximum Gasteiger partial charge on any atom is 0.0160 e. The van der Waals surface area contributed by atoms with Crippen LogP contribution in [0.25, 0.3) is 0 Å². The van der Waals surface area contributed by atoms with Gasteiger partial charge in [-0.1, -0.05) is 52.0 Å². The summed E-state index contributed by atoms with van der Waals surface area (Å²) in [5.74, 6) is 0. The van der Waals surface area contributed by atoms with Gasteiger partial charge in [0.2, 0.25) is 0 Å². The maximum atomic E-state index is 3.83. The predicted molar refractivity (Wildman–Crippen MR) is 70.3 cm³/mol. The standard InChI is InChI=1S/C14H29N/c1-4-7-9-11-14-15(12-6-3)13-10-8-5-2/h6H,3-5,7-14H2,1-2H3.